The van der Waals surface area contributed by atoms with Crippen LogP contribution in [0.1, 0.15) is 26.3 Å². The number of ether oxygens (including phenoxy) is 1. The van der Waals surface area contributed by atoms with Crippen molar-refractivity contribution in [2.24, 2.45) is 0 Å². The Kier molecular flexibility index (Phi) is 4.14. The zero-order chi connectivity index (χ0) is 13.2. The molecule has 1 rings (SSSR count). The van der Waals surface area contributed by atoms with Crippen molar-refractivity contribution in [1.82, 2.24) is 0 Å². The summed E-state index contributed by atoms with van der Waals surface area (Å²) in [5.74, 6) is -0.497. The first kappa shape index (κ1) is 14.0. The summed E-state index contributed by atoms with van der Waals surface area (Å²) in [4.78, 5) is 11.5. The third-order valence-corrected chi connectivity index (χ3v) is 2.44. The van der Waals surface area contributed by atoms with Gasteiger partial charge in [-0.2, -0.15) is 0 Å². The predicted molar refractivity (Wildman–Crippen MR) is 68.7 cm³/mol. The van der Waals surface area contributed by atoms with E-state index in [4.69, 9.17) is 4.74 Å². The number of hydrogen-bond donors (Lipinski definition) is 1. The van der Waals surface area contributed by atoms with Gasteiger partial charge in [-0.25, -0.2) is 9.18 Å². The standard InChI is InChI=1S/C12H15BrFNO2/c1-7-5-8(13)10(9(14)6-7)15-11(16)17-12(2,3)4/h5-6H,1-4H3,(H,15,16). The Morgan fingerprint density at radius 3 is 2.47 bits per heavy atom. The van der Waals surface area contributed by atoms with Crippen molar-refractivity contribution in [3.05, 3.63) is 28.0 Å². The van der Waals surface area contributed by atoms with Crippen LogP contribution in [-0.2, 0) is 4.74 Å². The minimum atomic E-state index is -0.680. The number of nitrogens with one attached hydrogen (secondary N) is 1. The fraction of sp³-hybridized carbons (Fsp3) is 0.417. The van der Waals surface area contributed by atoms with Gasteiger partial charge in [-0.05, 0) is 61.3 Å². The van der Waals surface area contributed by atoms with Crippen LogP contribution in [-0.4, -0.2) is 11.7 Å². The summed E-state index contributed by atoms with van der Waals surface area (Å²) in [5.41, 5.74) is 0.242. The van der Waals surface area contributed by atoms with Gasteiger partial charge in [0.2, 0.25) is 0 Å². The normalized spacial score (nSPS) is 11.2. The van der Waals surface area contributed by atoms with Crippen LogP contribution in [0.15, 0.2) is 16.6 Å². The van der Waals surface area contributed by atoms with Gasteiger partial charge < -0.3 is 4.74 Å². The van der Waals surface area contributed by atoms with Gasteiger partial charge in [-0.15, -0.1) is 0 Å². The van der Waals surface area contributed by atoms with Crippen molar-refractivity contribution in [1.29, 1.82) is 0 Å². The van der Waals surface area contributed by atoms with Crippen LogP contribution < -0.4 is 5.32 Å². The molecule has 0 unspecified atom stereocenters. The lowest BCUT2D eigenvalue weighted by atomic mass is 10.2. The van der Waals surface area contributed by atoms with Crippen LogP contribution in [0.25, 0.3) is 0 Å². The van der Waals surface area contributed by atoms with E-state index in [1.165, 1.54) is 6.07 Å². The van der Waals surface area contributed by atoms with E-state index < -0.39 is 17.5 Å². The van der Waals surface area contributed by atoms with E-state index in [0.29, 0.717) is 4.47 Å². The van der Waals surface area contributed by atoms with Crippen molar-refractivity contribution >= 4 is 27.7 Å². The molecule has 0 saturated heterocycles. The maximum Gasteiger partial charge on any atom is 0.412 e. The Morgan fingerprint density at radius 1 is 1.41 bits per heavy atom. The monoisotopic (exact) mass is 303 g/mol. The lowest BCUT2D eigenvalue weighted by Crippen LogP contribution is -2.27. The van der Waals surface area contributed by atoms with Crippen LogP contribution in [0.2, 0.25) is 0 Å². The molecule has 0 spiro atoms. The number of benzene rings is 1. The molecule has 17 heavy (non-hydrogen) atoms. The van der Waals surface area contributed by atoms with Gasteiger partial charge in [0.05, 0.1) is 5.69 Å². The Labute approximate surface area is 108 Å². The molecule has 0 aliphatic heterocycles. The minimum Gasteiger partial charge on any atom is -0.444 e. The number of amides is 1. The molecule has 0 heterocycles. The molecule has 0 radical (unpaired) electrons. The van der Waals surface area contributed by atoms with Gasteiger partial charge in [0.15, 0.2) is 0 Å². The quantitative estimate of drug-likeness (QED) is 0.842. The van der Waals surface area contributed by atoms with Crippen molar-refractivity contribution in [3.8, 4) is 0 Å². The first-order chi connectivity index (χ1) is 7.69. The number of carbonyl (C=O) groups excluding carboxylic acids is 1. The van der Waals surface area contributed by atoms with Gasteiger partial charge >= 0.3 is 6.09 Å². The summed E-state index contributed by atoms with van der Waals surface area (Å²) >= 11 is 3.20. The topological polar surface area (TPSA) is 38.3 Å². The molecule has 0 atom stereocenters. The molecule has 0 fully saturated rings. The Balaban J connectivity index is 2.86. The van der Waals surface area contributed by atoms with Gasteiger partial charge in [0.1, 0.15) is 11.4 Å². The molecular formula is C12H15BrFNO2. The van der Waals surface area contributed by atoms with E-state index in [0.717, 1.165) is 5.56 Å². The lowest BCUT2D eigenvalue weighted by molar-refractivity contribution is 0.0635. The second kappa shape index (κ2) is 5.04. The van der Waals surface area contributed by atoms with Crippen LogP contribution in [0.4, 0.5) is 14.9 Å². The number of halogens is 2. The number of anilines is 1. The molecular weight excluding hydrogens is 289 g/mol. The highest BCUT2D eigenvalue weighted by Crippen LogP contribution is 2.27. The summed E-state index contributed by atoms with van der Waals surface area (Å²) in [7, 11) is 0. The first-order valence-corrected chi connectivity index (χ1v) is 5.94. The second-order valence-corrected chi connectivity index (χ2v) is 5.58. The molecule has 1 N–H and O–H groups in total. The van der Waals surface area contributed by atoms with Crippen LogP contribution in [0.3, 0.4) is 0 Å². The molecule has 3 nitrogen and oxygen atoms in total. The summed E-state index contributed by atoms with van der Waals surface area (Å²) in [5, 5.41) is 2.38. The predicted octanol–water partition coefficient (Wildman–Crippen LogP) is 4.24. The first-order valence-electron chi connectivity index (χ1n) is 5.15. The summed E-state index contributed by atoms with van der Waals surface area (Å²) in [6.07, 6.45) is -0.680. The van der Waals surface area contributed by atoms with Crippen molar-refractivity contribution in [2.45, 2.75) is 33.3 Å². The van der Waals surface area contributed by atoms with Crippen LogP contribution >= 0.6 is 15.9 Å². The molecule has 0 saturated carbocycles. The third-order valence-electron chi connectivity index (χ3n) is 1.81. The Morgan fingerprint density at radius 2 is 2.00 bits per heavy atom. The maximum absolute atomic E-state index is 13.6. The lowest BCUT2D eigenvalue weighted by Gasteiger charge is -2.20. The second-order valence-electron chi connectivity index (χ2n) is 4.73. The fourth-order valence-electron chi connectivity index (χ4n) is 1.22. The molecule has 1 amide bonds. The highest BCUT2D eigenvalue weighted by molar-refractivity contribution is 9.10. The van der Waals surface area contributed by atoms with E-state index in [1.54, 1.807) is 33.8 Å². The van der Waals surface area contributed by atoms with E-state index in [1.807, 2.05) is 0 Å². The van der Waals surface area contributed by atoms with Crippen molar-refractivity contribution in [3.63, 3.8) is 0 Å². The highest BCUT2D eigenvalue weighted by atomic mass is 79.9. The van der Waals surface area contributed by atoms with E-state index >= 15 is 0 Å². The molecule has 0 aliphatic carbocycles. The maximum atomic E-state index is 13.6. The number of rotatable bonds is 1. The molecule has 94 valence electrons. The number of carbonyl (C=O) groups is 1. The minimum absolute atomic E-state index is 0.0878. The molecule has 1 aromatic rings. The van der Waals surface area contributed by atoms with Crippen LogP contribution in [0.5, 0.6) is 0 Å². The fourth-order valence-corrected chi connectivity index (χ4v) is 1.87. The molecule has 0 aliphatic rings. The molecule has 0 aromatic heterocycles. The highest BCUT2D eigenvalue weighted by Gasteiger charge is 2.18. The molecule has 1 aromatic carbocycles. The zero-order valence-electron chi connectivity index (χ0n) is 10.2. The smallest absolute Gasteiger partial charge is 0.412 e. The van der Waals surface area contributed by atoms with E-state index in [2.05, 4.69) is 21.2 Å². The van der Waals surface area contributed by atoms with Crippen molar-refractivity contribution < 1.29 is 13.9 Å². The van der Waals surface area contributed by atoms with E-state index in [9.17, 15) is 9.18 Å². The number of aryl methyl sites for hydroxylation is 1. The summed E-state index contributed by atoms with van der Waals surface area (Å²) in [6, 6.07) is 3.06. The SMILES string of the molecule is Cc1cc(F)c(NC(=O)OC(C)(C)C)c(Br)c1. The average Bonchev–Trinajstić information content (AvgIpc) is 2.08. The Bertz CT molecular complexity index is 418. The van der Waals surface area contributed by atoms with Gasteiger partial charge in [-0.1, -0.05) is 0 Å². The third kappa shape index (κ3) is 4.34. The largest absolute Gasteiger partial charge is 0.444 e. The van der Waals surface area contributed by atoms with Gasteiger partial charge in [0, 0.05) is 4.47 Å². The summed E-state index contributed by atoms with van der Waals surface area (Å²) < 4.78 is 19.1. The van der Waals surface area contributed by atoms with Gasteiger partial charge in [-0.3, -0.25) is 5.32 Å². The Hall–Kier alpha value is -1.10. The zero-order valence-corrected chi connectivity index (χ0v) is 11.8. The van der Waals surface area contributed by atoms with Crippen LogP contribution in [0, 0.1) is 12.7 Å². The number of hydrogen-bond acceptors (Lipinski definition) is 2. The van der Waals surface area contributed by atoms with Gasteiger partial charge in [0.25, 0.3) is 0 Å². The summed E-state index contributed by atoms with van der Waals surface area (Å²) in [6.45, 7) is 7.00. The van der Waals surface area contributed by atoms with Crippen molar-refractivity contribution in [2.75, 3.05) is 5.32 Å². The average molecular weight is 304 g/mol. The molecule has 5 heteroatoms. The molecule has 0 bridgehead atoms. The van der Waals surface area contributed by atoms with E-state index in [-0.39, 0.29) is 5.69 Å².